The maximum atomic E-state index is 5.71. The smallest absolute Gasteiger partial charge is 0.105 e. The van der Waals surface area contributed by atoms with Gasteiger partial charge in [0, 0.05) is 0 Å². The summed E-state index contributed by atoms with van der Waals surface area (Å²) in [5, 5.41) is 0. The third-order valence-electron chi connectivity index (χ3n) is 2.03. The Morgan fingerprint density at radius 3 is 2.60 bits per heavy atom. The van der Waals surface area contributed by atoms with Crippen LogP contribution in [-0.4, -0.2) is 18.1 Å². The van der Waals surface area contributed by atoms with E-state index in [0.717, 1.165) is 13.0 Å². The minimum atomic E-state index is 0.108. The lowest BCUT2D eigenvalue weighted by Crippen LogP contribution is -2.12. The fourth-order valence-corrected chi connectivity index (χ4v) is 1.38. The van der Waals surface area contributed by atoms with E-state index in [4.69, 9.17) is 16.3 Å². The highest BCUT2D eigenvalue weighted by atomic mass is 35.5. The molecule has 60 valence electrons. The molecule has 1 saturated heterocycles. The van der Waals surface area contributed by atoms with Crippen LogP contribution in [0.5, 0.6) is 0 Å². The van der Waals surface area contributed by atoms with Gasteiger partial charge in [-0.2, -0.15) is 0 Å². The van der Waals surface area contributed by atoms with E-state index in [1.807, 2.05) is 0 Å². The lowest BCUT2D eigenvalue weighted by atomic mass is 10.0. The number of ether oxygens (including phenoxy) is 1. The van der Waals surface area contributed by atoms with Gasteiger partial charge in [-0.05, 0) is 6.42 Å². The van der Waals surface area contributed by atoms with E-state index in [0.29, 0.717) is 5.88 Å². The van der Waals surface area contributed by atoms with Crippen molar-refractivity contribution in [1.82, 2.24) is 0 Å². The Bertz CT molecular complexity index is 99.4. The highest BCUT2D eigenvalue weighted by molar-refractivity contribution is 6.18. The summed E-state index contributed by atoms with van der Waals surface area (Å²) in [5.41, 5.74) is 0.108. The van der Waals surface area contributed by atoms with Gasteiger partial charge in [-0.1, -0.05) is 26.2 Å². The van der Waals surface area contributed by atoms with Gasteiger partial charge in [-0.25, -0.2) is 0 Å². The van der Waals surface area contributed by atoms with Gasteiger partial charge < -0.3 is 4.74 Å². The highest BCUT2D eigenvalue weighted by Crippen LogP contribution is 2.33. The van der Waals surface area contributed by atoms with Crippen molar-refractivity contribution in [3.63, 3.8) is 0 Å². The van der Waals surface area contributed by atoms with Crippen LogP contribution in [0.25, 0.3) is 0 Å². The van der Waals surface area contributed by atoms with Crippen LogP contribution >= 0.6 is 11.6 Å². The Labute approximate surface area is 67.7 Å². The Morgan fingerprint density at radius 1 is 1.50 bits per heavy atom. The van der Waals surface area contributed by atoms with Gasteiger partial charge in [0.15, 0.2) is 0 Å². The molecular formula is C8H15ClO. The van der Waals surface area contributed by atoms with E-state index in [9.17, 15) is 0 Å². The molecule has 1 aliphatic rings. The van der Waals surface area contributed by atoms with Crippen LogP contribution in [0.3, 0.4) is 0 Å². The largest absolute Gasteiger partial charge is 0.368 e. The van der Waals surface area contributed by atoms with Crippen molar-refractivity contribution in [2.75, 3.05) is 12.5 Å². The summed E-state index contributed by atoms with van der Waals surface area (Å²) < 4.78 is 5.26. The summed E-state index contributed by atoms with van der Waals surface area (Å²) in [6, 6.07) is 0. The lowest BCUT2D eigenvalue weighted by molar-refractivity contribution is 0.305. The number of unbranched alkanes of at least 4 members (excludes halogenated alkanes) is 2. The molecule has 0 saturated carbocycles. The van der Waals surface area contributed by atoms with Gasteiger partial charge >= 0.3 is 0 Å². The molecule has 0 aliphatic carbocycles. The number of hydrogen-bond donors (Lipinski definition) is 0. The van der Waals surface area contributed by atoms with E-state index in [1.54, 1.807) is 0 Å². The zero-order chi connectivity index (χ0) is 7.45. The number of hydrogen-bond acceptors (Lipinski definition) is 1. The van der Waals surface area contributed by atoms with Crippen molar-refractivity contribution in [2.24, 2.45) is 0 Å². The molecule has 0 aromatic rings. The average Bonchev–Trinajstić information content (AvgIpc) is 2.70. The van der Waals surface area contributed by atoms with Crippen molar-refractivity contribution in [1.29, 1.82) is 0 Å². The monoisotopic (exact) mass is 162 g/mol. The molecule has 1 rings (SSSR count). The third-order valence-corrected chi connectivity index (χ3v) is 2.52. The molecule has 1 nitrogen and oxygen atoms in total. The Kier molecular flexibility index (Phi) is 2.99. The fraction of sp³-hybridized carbons (Fsp3) is 1.00. The summed E-state index contributed by atoms with van der Waals surface area (Å²) in [5.74, 6) is 0.677. The van der Waals surface area contributed by atoms with Crippen molar-refractivity contribution >= 4 is 11.6 Å². The highest BCUT2D eigenvalue weighted by Gasteiger charge is 2.42. The topological polar surface area (TPSA) is 12.5 Å². The van der Waals surface area contributed by atoms with Crippen LogP contribution in [0.4, 0.5) is 0 Å². The first-order valence-corrected chi connectivity index (χ1v) is 4.56. The summed E-state index contributed by atoms with van der Waals surface area (Å²) in [6.07, 6.45) is 5.01. The molecule has 0 aromatic heterocycles. The number of halogens is 1. The summed E-state index contributed by atoms with van der Waals surface area (Å²) in [4.78, 5) is 0. The second-order valence-corrected chi connectivity index (χ2v) is 3.33. The van der Waals surface area contributed by atoms with Gasteiger partial charge in [0.05, 0.1) is 12.5 Å². The van der Waals surface area contributed by atoms with Crippen molar-refractivity contribution in [3.05, 3.63) is 0 Å². The molecule has 0 aromatic carbocycles. The predicted molar refractivity (Wildman–Crippen MR) is 43.5 cm³/mol. The first-order valence-electron chi connectivity index (χ1n) is 4.03. The molecule has 1 aliphatic heterocycles. The van der Waals surface area contributed by atoms with Gasteiger partial charge in [0.25, 0.3) is 0 Å². The standard InChI is InChI=1S/C8H15ClO/c1-2-3-4-5-8(6-9)7-10-8/h2-7H2,1H3. The zero-order valence-electron chi connectivity index (χ0n) is 6.53. The molecular weight excluding hydrogens is 148 g/mol. The van der Waals surface area contributed by atoms with Crippen LogP contribution in [-0.2, 0) is 4.74 Å². The lowest BCUT2D eigenvalue weighted by Gasteiger charge is -2.05. The molecule has 1 fully saturated rings. The molecule has 0 N–H and O–H groups in total. The normalized spacial score (nSPS) is 30.6. The van der Waals surface area contributed by atoms with E-state index in [-0.39, 0.29) is 5.60 Å². The first-order chi connectivity index (χ1) is 4.83. The second-order valence-electron chi connectivity index (χ2n) is 3.06. The number of alkyl halides is 1. The number of rotatable bonds is 5. The SMILES string of the molecule is CCCCCC1(CCl)CO1. The van der Waals surface area contributed by atoms with Crippen molar-refractivity contribution < 1.29 is 4.74 Å². The molecule has 0 spiro atoms. The molecule has 1 atom stereocenters. The molecule has 0 bridgehead atoms. The maximum Gasteiger partial charge on any atom is 0.105 e. The van der Waals surface area contributed by atoms with E-state index >= 15 is 0 Å². The zero-order valence-corrected chi connectivity index (χ0v) is 7.28. The van der Waals surface area contributed by atoms with Crippen LogP contribution in [0, 0.1) is 0 Å². The Hall–Kier alpha value is 0.250. The van der Waals surface area contributed by atoms with Crippen LogP contribution < -0.4 is 0 Å². The van der Waals surface area contributed by atoms with Gasteiger partial charge in [0.1, 0.15) is 5.60 Å². The average molecular weight is 163 g/mol. The fourth-order valence-electron chi connectivity index (χ4n) is 1.09. The summed E-state index contributed by atoms with van der Waals surface area (Å²) in [6.45, 7) is 3.10. The van der Waals surface area contributed by atoms with Crippen molar-refractivity contribution in [2.45, 2.75) is 38.2 Å². The van der Waals surface area contributed by atoms with Crippen LogP contribution in [0.15, 0.2) is 0 Å². The molecule has 2 heteroatoms. The molecule has 1 unspecified atom stereocenters. The molecule has 1 heterocycles. The first kappa shape index (κ1) is 8.35. The predicted octanol–water partition coefficient (Wildman–Crippen LogP) is 2.57. The summed E-state index contributed by atoms with van der Waals surface area (Å²) >= 11 is 5.71. The third kappa shape index (κ3) is 2.14. The van der Waals surface area contributed by atoms with E-state index in [2.05, 4.69) is 6.92 Å². The van der Waals surface area contributed by atoms with E-state index in [1.165, 1.54) is 19.3 Å². The van der Waals surface area contributed by atoms with E-state index < -0.39 is 0 Å². The van der Waals surface area contributed by atoms with Crippen molar-refractivity contribution in [3.8, 4) is 0 Å². The van der Waals surface area contributed by atoms with Gasteiger partial charge in [0.2, 0.25) is 0 Å². The maximum absolute atomic E-state index is 5.71. The Morgan fingerprint density at radius 2 is 2.20 bits per heavy atom. The minimum Gasteiger partial charge on any atom is -0.368 e. The molecule has 10 heavy (non-hydrogen) atoms. The van der Waals surface area contributed by atoms with Gasteiger partial charge in [-0.3, -0.25) is 0 Å². The minimum absolute atomic E-state index is 0.108. The summed E-state index contributed by atoms with van der Waals surface area (Å²) in [7, 11) is 0. The van der Waals surface area contributed by atoms with Gasteiger partial charge in [-0.15, -0.1) is 11.6 Å². The quantitative estimate of drug-likeness (QED) is 0.344. The van der Waals surface area contributed by atoms with Crippen LogP contribution in [0.1, 0.15) is 32.6 Å². The Balaban J connectivity index is 2.01. The van der Waals surface area contributed by atoms with Crippen LogP contribution in [0.2, 0.25) is 0 Å². The second kappa shape index (κ2) is 3.59. The molecule has 0 amide bonds. The number of epoxide rings is 1. The molecule has 0 radical (unpaired) electrons.